The Bertz CT molecular complexity index is 515. The molecule has 96 valence electrons. The number of hydrogen-bond acceptors (Lipinski definition) is 3. The molecule has 0 bridgehead atoms. The number of fused-ring (bicyclic) bond motifs is 1. The third-order valence-corrected chi connectivity index (χ3v) is 4.85. The molecular weight excluding hydrogens is 242 g/mol. The summed E-state index contributed by atoms with van der Waals surface area (Å²) in [4.78, 5) is 1.41. The summed E-state index contributed by atoms with van der Waals surface area (Å²) < 4.78 is 2.03. The minimum Gasteiger partial charge on any atom is -0.302 e. The minimum atomic E-state index is 0.418. The van der Waals surface area contributed by atoms with E-state index in [9.17, 15) is 0 Å². The molecule has 0 radical (unpaired) electrons. The largest absolute Gasteiger partial charge is 0.302 e. The van der Waals surface area contributed by atoms with Crippen molar-refractivity contribution in [1.82, 2.24) is 15.1 Å². The van der Waals surface area contributed by atoms with Crippen molar-refractivity contribution >= 4 is 11.3 Å². The van der Waals surface area contributed by atoms with Crippen molar-refractivity contribution in [2.45, 2.75) is 38.3 Å². The molecule has 0 aliphatic heterocycles. The summed E-state index contributed by atoms with van der Waals surface area (Å²) in [5.41, 5.74) is 2.80. The molecule has 1 aliphatic carbocycles. The SMILES string of the molecule is CC(NC1CCCc2c1cnn2C)c1cccs1. The lowest BCUT2D eigenvalue weighted by molar-refractivity contribution is 0.414. The van der Waals surface area contributed by atoms with Crippen molar-refractivity contribution in [1.29, 1.82) is 0 Å². The van der Waals surface area contributed by atoms with Gasteiger partial charge >= 0.3 is 0 Å². The van der Waals surface area contributed by atoms with Gasteiger partial charge in [-0.05, 0) is 37.6 Å². The summed E-state index contributed by atoms with van der Waals surface area (Å²) in [6.07, 6.45) is 5.67. The second kappa shape index (κ2) is 4.86. The van der Waals surface area contributed by atoms with Gasteiger partial charge in [-0.25, -0.2) is 0 Å². The highest BCUT2D eigenvalue weighted by molar-refractivity contribution is 7.10. The van der Waals surface area contributed by atoms with E-state index >= 15 is 0 Å². The quantitative estimate of drug-likeness (QED) is 0.919. The molecule has 0 spiro atoms. The van der Waals surface area contributed by atoms with Crippen LogP contribution in [0, 0.1) is 0 Å². The minimum absolute atomic E-state index is 0.418. The van der Waals surface area contributed by atoms with Gasteiger partial charge in [-0.2, -0.15) is 5.10 Å². The first-order chi connectivity index (χ1) is 8.75. The number of nitrogens with one attached hydrogen (secondary N) is 1. The molecule has 2 aromatic heterocycles. The van der Waals surface area contributed by atoms with Gasteiger partial charge in [-0.1, -0.05) is 6.07 Å². The van der Waals surface area contributed by atoms with E-state index in [-0.39, 0.29) is 0 Å². The monoisotopic (exact) mass is 261 g/mol. The first kappa shape index (κ1) is 11.9. The predicted molar refractivity (Wildman–Crippen MR) is 74.8 cm³/mol. The van der Waals surface area contributed by atoms with E-state index in [4.69, 9.17) is 0 Å². The fourth-order valence-corrected chi connectivity index (χ4v) is 3.54. The van der Waals surface area contributed by atoms with Gasteiger partial charge in [0.1, 0.15) is 0 Å². The average Bonchev–Trinajstić information content (AvgIpc) is 3.00. The van der Waals surface area contributed by atoms with Crippen molar-refractivity contribution in [3.8, 4) is 0 Å². The van der Waals surface area contributed by atoms with Gasteiger partial charge in [0.2, 0.25) is 0 Å². The summed E-state index contributed by atoms with van der Waals surface area (Å²) in [7, 11) is 2.05. The number of hydrogen-bond donors (Lipinski definition) is 1. The lowest BCUT2D eigenvalue weighted by Crippen LogP contribution is -2.27. The highest BCUT2D eigenvalue weighted by atomic mass is 32.1. The molecule has 4 heteroatoms. The maximum atomic E-state index is 4.40. The molecule has 1 aliphatic rings. The molecule has 1 N–H and O–H groups in total. The summed E-state index contributed by atoms with van der Waals surface area (Å²) in [5, 5.41) is 10.3. The van der Waals surface area contributed by atoms with E-state index < -0.39 is 0 Å². The Hall–Kier alpha value is -1.13. The lowest BCUT2D eigenvalue weighted by Gasteiger charge is -2.26. The van der Waals surface area contributed by atoms with Crippen molar-refractivity contribution in [2.24, 2.45) is 7.05 Å². The Labute approximate surface area is 112 Å². The first-order valence-corrected chi connectivity index (χ1v) is 7.44. The molecule has 0 saturated carbocycles. The number of aryl methyl sites for hydroxylation is 1. The zero-order valence-corrected chi connectivity index (χ0v) is 11.7. The third-order valence-electron chi connectivity index (χ3n) is 3.80. The third kappa shape index (κ3) is 2.10. The van der Waals surface area contributed by atoms with Crippen molar-refractivity contribution < 1.29 is 0 Å². The fraction of sp³-hybridized carbons (Fsp3) is 0.500. The molecule has 18 heavy (non-hydrogen) atoms. The summed E-state index contributed by atoms with van der Waals surface area (Å²) >= 11 is 1.82. The molecule has 3 nitrogen and oxygen atoms in total. The van der Waals surface area contributed by atoms with Crippen LogP contribution in [0.2, 0.25) is 0 Å². The van der Waals surface area contributed by atoms with E-state index in [0.29, 0.717) is 12.1 Å². The zero-order chi connectivity index (χ0) is 12.5. The van der Waals surface area contributed by atoms with Crippen LogP contribution in [-0.4, -0.2) is 9.78 Å². The van der Waals surface area contributed by atoms with Gasteiger partial charge in [-0.3, -0.25) is 4.68 Å². The maximum Gasteiger partial charge on any atom is 0.0540 e. The van der Waals surface area contributed by atoms with Gasteiger partial charge in [0.15, 0.2) is 0 Å². The molecule has 2 aromatic rings. The molecule has 3 rings (SSSR count). The number of thiophene rings is 1. The molecule has 2 heterocycles. The van der Waals surface area contributed by atoms with Gasteiger partial charge in [-0.15, -0.1) is 11.3 Å². The fourth-order valence-electron chi connectivity index (χ4n) is 2.80. The first-order valence-electron chi connectivity index (χ1n) is 6.56. The molecule has 0 aromatic carbocycles. The standard InChI is InChI=1S/C14H19N3S/c1-10(14-7-4-8-18-14)16-12-5-3-6-13-11(12)9-15-17(13)2/h4,7-10,12,16H,3,5-6H2,1-2H3. The van der Waals surface area contributed by atoms with E-state index in [2.05, 4.69) is 34.9 Å². The van der Waals surface area contributed by atoms with E-state index in [0.717, 1.165) is 6.42 Å². The van der Waals surface area contributed by atoms with Gasteiger partial charge in [0.25, 0.3) is 0 Å². The molecule has 2 unspecified atom stereocenters. The van der Waals surface area contributed by atoms with Crippen LogP contribution in [-0.2, 0) is 13.5 Å². The Balaban J connectivity index is 1.78. The van der Waals surface area contributed by atoms with Crippen LogP contribution in [0.25, 0.3) is 0 Å². The summed E-state index contributed by atoms with van der Waals surface area (Å²) in [5.74, 6) is 0. The van der Waals surface area contributed by atoms with E-state index in [1.165, 1.54) is 29.0 Å². The predicted octanol–water partition coefficient (Wildman–Crippen LogP) is 3.21. The van der Waals surface area contributed by atoms with Crippen molar-refractivity contribution in [3.05, 3.63) is 39.8 Å². The van der Waals surface area contributed by atoms with Gasteiger partial charge in [0.05, 0.1) is 6.20 Å². The number of nitrogens with zero attached hydrogens (tertiary/aromatic N) is 2. The molecule has 2 atom stereocenters. The highest BCUT2D eigenvalue weighted by Crippen LogP contribution is 2.31. The Kier molecular flexibility index (Phi) is 3.22. The second-order valence-corrected chi connectivity index (χ2v) is 6.00. The summed E-state index contributed by atoms with van der Waals surface area (Å²) in [6, 6.07) is 5.20. The van der Waals surface area contributed by atoms with Gasteiger partial charge < -0.3 is 5.32 Å². The van der Waals surface area contributed by atoms with Crippen LogP contribution in [0.3, 0.4) is 0 Å². The number of aromatic nitrogens is 2. The zero-order valence-electron chi connectivity index (χ0n) is 10.9. The van der Waals surface area contributed by atoms with Crippen molar-refractivity contribution in [3.63, 3.8) is 0 Å². The van der Waals surface area contributed by atoms with Crippen LogP contribution >= 0.6 is 11.3 Å². The van der Waals surface area contributed by atoms with Crippen LogP contribution < -0.4 is 5.32 Å². The summed E-state index contributed by atoms with van der Waals surface area (Å²) in [6.45, 7) is 2.25. The normalized spacial score (nSPS) is 20.7. The second-order valence-electron chi connectivity index (χ2n) is 5.02. The molecule has 0 saturated heterocycles. The van der Waals surface area contributed by atoms with Crippen LogP contribution in [0.4, 0.5) is 0 Å². The molecule has 0 amide bonds. The molecular formula is C14H19N3S. The smallest absolute Gasteiger partial charge is 0.0540 e. The van der Waals surface area contributed by atoms with E-state index in [1.807, 2.05) is 29.3 Å². The van der Waals surface area contributed by atoms with E-state index in [1.54, 1.807) is 0 Å². The van der Waals surface area contributed by atoms with Gasteiger partial charge in [0, 0.05) is 35.3 Å². The Morgan fingerprint density at radius 1 is 1.56 bits per heavy atom. The highest BCUT2D eigenvalue weighted by Gasteiger charge is 2.24. The maximum absolute atomic E-state index is 4.40. The molecule has 0 fully saturated rings. The lowest BCUT2D eigenvalue weighted by atomic mass is 9.92. The average molecular weight is 261 g/mol. The van der Waals surface area contributed by atoms with Crippen LogP contribution in [0.5, 0.6) is 0 Å². The van der Waals surface area contributed by atoms with Crippen molar-refractivity contribution in [2.75, 3.05) is 0 Å². The Morgan fingerprint density at radius 3 is 3.22 bits per heavy atom. The van der Waals surface area contributed by atoms with Crippen LogP contribution in [0.15, 0.2) is 23.7 Å². The van der Waals surface area contributed by atoms with Crippen LogP contribution in [0.1, 0.15) is 48.0 Å². The number of rotatable bonds is 3. The topological polar surface area (TPSA) is 29.9 Å². The Morgan fingerprint density at radius 2 is 2.44 bits per heavy atom.